The summed E-state index contributed by atoms with van der Waals surface area (Å²) in [5.41, 5.74) is -0.0115. The Labute approximate surface area is 125 Å². The predicted octanol–water partition coefficient (Wildman–Crippen LogP) is 3.63. The van der Waals surface area contributed by atoms with Gasteiger partial charge in [-0.2, -0.15) is 0 Å². The number of hydrogen-bond donors (Lipinski definition) is 0. The van der Waals surface area contributed by atoms with E-state index in [1.54, 1.807) is 13.8 Å². The van der Waals surface area contributed by atoms with Crippen molar-refractivity contribution < 1.29 is 14.3 Å². The molecule has 0 aliphatic carbocycles. The third-order valence-electron chi connectivity index (χ3n) is 3.18. The number of benzene rings is 2. The minimum atomic E-state index is -1.04. The van der Waals surface area contributed by atoms with Gasteiger partial charge in [0.25, 0.3) is 0 Å². The predicted molar refractivity (Wildman–Crippen MR) is 82.3 cm³/mol. The Morgan fingerprint density at radius 3 is 2.14 bits per heavy atom. The van der Waals surface area contributed by atoms with Crippen LogP contribution in [0, 0.1) is 0 Å². The van der Waals surface area contributed by atoms with Crippen LogP contribution in [0.4, 0.5) is 0 Å². The monoisotopic (exact) mass is 284 g/mol. The fourth-order valence-corrected chi connectivity index (χ4v) is 2.17. The van der Waals surface area contributed by atoms with Gasteiger partial charge in [-0.05, 0) is 31.5 Å². The molecule has 2 rings (SSSR count). The minimum Gasteiger partial charge on any atom is -0.476 e. The molecule has 0 N–H and O–H groups in total. The molecule has 0 amide bonds. The van der Waals surface area contributed by atoms with Gasteiger partial charge >= 0.3 is 5.97 Å². The van der Waals surface area contributed by atoms with Gasteiger partial charge in [-0.3, -0.25) is 0 Å². The summed E-state index contributed by atoms with van der Waals surface area (Å²) in [5, 5.41) is 0. The van der Waals surface area contributed by atoms with E-state index >= 15 is 0 Å². The van der Waals surface area contributed by atoms with Gasteiger partial charge in [0.05, 0.1) is 6.61 Å². The molecule has 0 fully saturated rings. The normalized spacial score (nSPS) is 13.2. The Morgan fingerprint density at radius 2 is 1.57 bits per heavy atom. The number of para-hydroxylation sites is 1. The van der Waals surface area contributed by atoms with Crippen LogP contribution in [0.2, 0.25) is 0 Å². The Bertz CT molecular complexity index is 522. The van der Waals surface area contributed by atoms with E-state index in [4.69, 9.17) is 9.47 Å². The lowest BCUT2D eigenvalue weighted by molar-refractivity contribution is -0.160. The highest BCUT2D eigenvalue weighted by molar-refractivity contribution is 5.80. The van der Waals surface area contributed by atoms with Gasteiger partial charge in [-0.25, -0.2) is 4.79 Å². The van der Waals surface area contributed by atoms with E-state index in [-0.39, 0.29) is 5.97 Å². The standard InChI is InChI=1S/C18H20O3/c1-3-20-17(19)18(2,14-15-10-6-4-7-11-15)21-16-12-8-5-9-13-16/h4-13H,3,14H2,1-2H3/t18-/m0/s1. The minimum absolute atomic E-state index is 0.335. The highest BCUT2D eigenvalue weighted by atomic mass is 16.6. The van der Waals surface area contributed by atoms with Crippen molar-refractivity contribution in [3.63, 3.8) is 0 Å². The first-order chi connectivity index (χ1) is 10.1. The molecule has 0 radical (unpaired) electrons. The molecule has 0 bridgehead atoms. The topological polar surface area (TPSA) is 35.5 Å². The van der Waals surface area contributed by atoms with E-state index in [0.29, 0.717) is 18.8 Å². The van der Waals surface area contributed by atoms with Crippen LogP contribution in [0.1, 0.15) is 19.4 Å². The molecule has 3 nitrogen and oxygen atoms in total. The maximum atomic E-state index is 12.3. The third kappa shape index (κ3) is 4.09. The van der Waals surface area contributed by atoms with Gasteiger partial charge in [0.15, 0.2) is 0 Å². The zero-order chi connectivity index (χ0) is 15.1. The first-order valence-corrected chi connectivity index (χ1v) is 7.09. The highest BCUT2D eigenvalue weighted by Crippen LogP contribution is 2.23. The van der Waals surface area contributed by atoms with Crippen molar-refractivity contribution in [1.82, 2.24) is 0 Å². The summed E-state index contributed by atoms with van der Waals surface area (Å²) >= 11 is 0. The Balaban J connectivity index is 2.23. The maximum absolute atomic E-state index is 12.3. The van der Waals surface area contributed by atoms with E-state index < -0.39 is 5.60 Å². The summed E-state index contributed by atoms with van der Waals surface area (Å²) in [4.78, 5) is 12.3. The summed E-state index contributed by atoms with van der Waals surface area (Å²) in [7, 11) is 0. The second-order valence-electron chi connectivity index (χ2n) is 5.03. The lowest BCUT2D eigenvalue weighted by Crippen LogP contribution is -2.45. The molecule has 0 saturated heterocycles. The summed E-state index contributed by atoms with van der Waals surface area (Å²) in [5.74, 6) is 0.307. The third-order valence-corrected chi connectivity index (χ3v) is 3.18. The average molecular weight is 284 g/mol. The molecule has 0 aliphatic rings. The largest absolute Gasteiger partial charge is 0.476 e. The van der Waals surface area contributed by atoms with Crippen LogP contribution in [0.5, 0.6) is 5.75 Å². The van der Waals surface area contributed by atoms with Crippen LogP contribution in [-0.4, -0.2) is 18.2 Å². The van der Waals surface area contributed by atoms with Gasteiger partial charge in [0.1, 0.15) is 5.75 Å². The van der Waals surface area contributed by atoms with Crippen LogP contribution in [0.3, 0.4) is 0 Å². The van der Waals surface area contributed by atoms with E-state index in [1.165, 1.54) is 0 Å². The molecule has 21 heavy (non-hydrogen) atoms. The molecule has 0 saturated carbocycles. The quantitative estimate of drug-likeness (QED) is 0.760. The Kier molecular flexibility index (Phi) is 4.99. The zero-order valence-electron chi connectivity index (χ0n) is 12.4. The van der Waals surface area contributed by atoms with Crippen molar-refractivity contribution in [3.8, 4) is 5.75 Å². The number of rotatable bonds is 6. The van der Waals surface area contributed by atoms with Gasteiger partial charge in [0.2, 0.25) is 5.60 Å². The Hall–Kier alpha value is -2.29. The molecule has 110 valence electrons. The Morgan fingerprint density at radius 1 is 1.00 bits per heavy atom. The number of esters is 1. The molecule has 2 aromatic rings. The summed E-state index contributed by atoms with van der Waals surface area (Å²) < 4.78 is 11.1. The second-order valence-corrected chi connectivity index (χ2v) is 5.03. The zero-order valence-corrected chi connectivity index (χ0v) is 12.4. The van der Waals surface area contributed by atoms with E-state index in [9.17, 15) is 4.79 Å². The molecule has 0 aliphatic heterocycles. The van der Waals surface area contributed by atoms with Crippen molar-refractivity contribution in [2.45, 2.75) is 25.9 Å². The van der Waals surface area contributed by atoms with Crippen molar-refractivity contribution in [3.05, 3.63) is 66.2 Å². The molecule has 0 spiro atoms. The molecule has 3 heteroatoms. The summed E-state index contributed by atoms with van der Waals surface area (Å²) in [6, 6.07) is 19.1. The lowest BCUT2D eigenvalue weighted by Gasteiger charge is -2.28. The smallest absolute Gasteiger partial charge is 0.350 e. The van der Waals surface area contributed by atoms with Crippen LogP contribution >= 0.6 is 0 Å². The van der Waals surface area contributed by atoms with Crippen LogP contribution in [-0.2, 0) is 16.0 Å². The van der Waals surface area contributed by atoms with E-state index in [2.05, 4.69) is 0 Å². The number of hydrogen-bond acceptors (Lipinski definition) is 3. The first-order valence-electron chi connectivity index (χ1n) is 7.09. The molecule has 1 atom stereocenters. The van der Waals surface area contributed by atoms with E-state index in [0.717, 1.165) is 5.56 Å². The summed E-state index contributed by atoms with van der Waals surface area (Å²) in [6.07, 6.45) is 0.460. The molecule has 2 aromatic carbocycles. The maximum Gasteiger partial charge on any atom is 0.350 e. The van der Waals surface area contributed by atoms with Crippen molar-refractivity contribution in [1.29, 1.82) is 0 Å². The van der Waals surface area contributed by atoms with Crippen LogP contribution < -0.4 is 4.74 Å². The second kappa shape index (κ2) is 6.93. The molecular weight excluding hydrogens is 264 g/mol. The van der Waals surface area contributed by atoms with Crippen molar-refractivity contribution >= 4 is 5.97 Å². The molecule has 0 heterocycles. The lowest BCUT2D eigenvalue weighted by atomic mass is 9.96. The van der Waals surface area contributed by atoms with Gasteiger partial charge in [-0.1, -0.05) is 48.5 Å². The first kappa shape index (κ1) is 15.1. The molecule has 0 unspecified atom stereocenters. The van der Waals surface area contributed by atoms with Crippen molar-refractivity contribution in [2.75, 3.05) is 6.61 Å². The van der Waals surface area contributed by atoms with Gasteiger partial charge in [0, 0.05) is 6.42 Å². The molecule has 0 aromatic heterocycles. The van der Waals surface area contributed by atoms with Crippen LogP contribution in [0.15, 0.2) is 60.7 Å². The fourth-order valence-electron chi connectivity index (χ4n) is 2.17. The number of carbonyl (C=O) groups excluding carboxylic acids is 1. The molecular formula is C18H20O3. The number of carbonyl (C=O) groups is 1. The SMILES string of the molecule is CCOC(=O)[C@](C)(Cc1ccccc1)Oc1ccccc1. The highest BCUT2D eigenvalue weighted by Gasteiger charge is 2.37. The summed E-state index contributed by atoms with van der Waals surface area (Å²) in [6.45, 7) is 3.90. The fraction of sp³-hybridized carbons (Fsp3) is 0.278. The van der Waals surface area contributed by atoms with Crippen molar-refractivity contribution in [2.24, 2.45) is 0 Å². The van der Waals surface area contributed by atoms with Gasteiger partial charge < -0.3 is 9.47 Å². The average Bonchev–Trinajstić information content (AvgIpc) is 2.49. The number of ether oxygens (including phenoxy) is 2. The van der Waals surface area contributed by atoms with Crippen LogP contribution in [0.25, 0.3) is 0 Å². The van der Waals surface area contributed by atoms with E-state index in [1.807, 2.05) is 60.7 Å². The van der Waals surface area contributed by atoms with Gasteiger partial charge in [-0.15, -0.1) is 0 Å².